The van der Waals surface area contributed by atoms with E-state index in [0.29, 0.717) is 5.92 Å². The number of ether oxygens (including phenoxy) is 1. The molecule has 2 nitrogen and oxygen atoms in total. The zero-order valence-electron chi connectivity index (χ0n) is 12.3. The number of halogens is 1. The van der Waals surface area contributed by atoms with Gasteiger partial charge in [-0.1, -0.05) is 49.0 Å². The van der Waals surface area contributed by atoms with E-state index in [0.717, 1.165) is 23.1 Å². The molecule has 0 spiro atoms. The number of hydrogen-bond donors (Lipinski definition) is 1. The maximum atomic E-state index is 6.40. The van der Waals surface area contributed by atoms with Crippen LogP contribution in [0.15, 0.2) is 22.7 Å². The van der Waals surface area contributed by atoms with E-state index in [1.807, 2.05) is 12.1 Å². The fourth-order valence-electron chi connectivity index (χ4n) is 2.44. The molecule has 2 unspecified atom stereocenters. The molecule has 1 aromatic carbocycles. The highest BCUT2D eigenvalue weighted by Gasteiger charge is 2.17. The van der Waals surface area contributed by atoms with E-state index >= 15 is 0 Å². The average Bonchev–Trinajstić information content (AvgIpc) is 2.42. The Morgan fingerprint density at radius 2 is 2.05 bits per heavy atom. The van der Waals surface area contributed by atoms with Gasteiger partial charge in [0.2, 0.25) is 0 Å². The summed E-state index contributed by atoms with van der Waals surface area (Å²) in [5.74, 6) is 1.50. The lowest BCUT2D eigenvalue weighted by Crippen LogP contribution is -2.32. The van der Waals surface area contributed by atoms with Gasteiger partial charge in [-0.3, -0.25) is 0 Å². The first-order valence-electron chi connectivity index (χ1n) is 7.20. The van der Waals surface area contributed by atoms with Gasteiger partial charge in [0, 0.05) is 10.5 Å². The number of methoxy groups -OCH3 is 1. The van der Waals surface area contributed by atoms with Crippen LogP contribution in [0, 0.1) is 5.92 Å². The van der Waals surface area contributed by atoms with Gasteiger partial charge >= 0.3 is 0 Å². The van der Waals surface area contributed by atoms with E-state index in [4.69, 9.17) is 10.5 Å². The summed E-state index contributed by atoms with van der Waals surface area (Å²) in [5, 5.41) is 0. The summed E-state index contributed by atoms with van der Waals surface area (Å²) < 4.78 is 6.40. The quantitative estimate of drug-likeness (QED) is 0.760. The molecule has 0 aliphatic carbocycles. The summed E-state index contributed by atoms with van der Waals surface area (Å²) in [6.07, 6.45) is 5.80. The lowest BCUT2D eigenvalue weighted by Gasteiger charge is -2.23. The zero-order chi connectivity index (χ0) is 14.3. The maximum absolute atomic E-state index is 6.40. The second-order valence-corrected chi connectivity index (χ2v) is 5.99. The van der Waals surface area contributed by atoms with Gasteiger partial charge < -0.3 is 10.5 Å². The lowest BCUT2D eigenvalue weighted by atomic mass is 9.88. The Balaban J connectivity index is 2.71. The molecule has 0 aliphatic heterocycles. The molecule has 2 N–H and O–H groups in total. The van der Waals surface area contributed by atoms with Crippen molar-refractivity contribution in [3.05, 3.63) is 28.2 Å². The largest absolute Gasteiger partial charge is 0.497 e. The number of nitrogens with two attached hydrogens (primary N) is 1. The Morgan fingerprint density at radius 3 is 2.63 bits per heavy atom. The topological polar surface area (TPSA) is 35.2 Å². The first-order valence-corrected chi connectivity index (χ1v) is 7.99. The standard InChI is InChI=1S/C16H26BrNO/c1-4-6-7-12(5-2)16(18)11-13-10-14(19-3)8-9-15(13)17/h8-10,12,16H,4-7,11,18H2,1-3H3. The van der Waals surface area contributed by atoms with Crippen molar-refractivity contribution in [1.82, 2.24) is 0 Å². The van der Waals surface area contributed by atoms with E-state index in [1.54, 1.807) is 7.11 Å². The SMILES string of the molecule is CCCCC(CC)C(N)Cc1cc(OC)ccc1Br. The normalized spacial score (nSPS) is 14.2. The number of hydrogen-bond acceptors (Lipinski definition) is 2. The van der Waals surface area contributed by atoms with E-state index in [-0.39, 0.29) is 6.04 Å². The Kier molecular flexibility index (Phi) is 7.47. The molecule has 0 heterocycles. The van der Waals surface area contributed by atoms with E-state index in [2.05, 4.69) is 35.8 Å². The van der Waals surface area contributed by atoms with Crippen LogP contribution >= 0.6 is 15.9 Å². The summed E-state index contributed by atoms with van der Waals surface area (Å²) >= 11 is 3.60. The van der Waals surface area contributed by atoms with E-state index < -0.39 is 0 Å². The van der Waals surface area contributed by atoms with Crippen LogP contribution in [-0.4, -0.2) is 13.2 Å². The highest BCUT2D eigenvalue weighted by atomic mass is 79.9. The van der Waals surface area contributed by atoms with Crippen LogP contribution in [0.5, 0.6) is 5.75 Å². The predicted molar refractivity (Wildman–Crippen MR) is 85.7 cm³/mol. The van der Waals surface area contributed by atoms with Crippen molar-refractivity contribution >= 4 is 15.9 Å². The summed E-state index contributed by atoms with van der Waals surface area (Å²) in [7, 11) is 1.70. The van der Waals surface area contributed by atoms with Crippen LogP contribution in [-0.2, 0) is 6.42 Å². The monoisotopic (exact) mass is 327 g/mol. The molecule has 0 aliphatic rings. The van der Waals surface area contributed by atoms with E-state index in [9.17, 15) is 0 Å². The summed E-state index contributed by atoms with van der Waals surface area (Å²) in [6, 6.07) is 6.30. The molecule has 0 saturated heterocycles. The zero-order valence-corrected chi connectivity index (χ0v) is 13.9. The Bertz CT molecular complexity index is 381. The van der Waals surface area contributed by atoms with Crippen LogP contribution in [0.1, 0.15) is 45.1 Å². The first kappa shape index (κ1) is 16.5. The fourth-order valence-corrected chi connectivity index (χ4v) is 2.85. The van der Waals surface area contributed by atoms with Crippen LogP contribution in [0.25, 0.3) is 0 Å². The van der Waals surface area contributed by atoms with E-state index in [1.165, 1.54) is 24.8 Å². The third kappa shape index (κ3) is 5.15. The molecule has 0 fully saturated rings. The molecule has 1 aromatic rings. The van der Waals surface area contributed by atoms with Gasteiger partial charge in [-0.15, -0.1) is 0 Å². The molecule has 19 heavy (non-hydrogen) atoms. The molecular weight excluding hydrogens is 302 g/mol. The minimum Gasteiger partial charge on any atom is -0.497 e. The Labute approximate surface area is 125 Å². The molecule has 0 aromatic heterocycles. The number of benzene rings is 1. The Hall–Kier alpha value is -0.540. The molecular formula is C16H26BrNO. The summed E-state index contributed by atoms with van der Waals surface area (Å²) in [6.45, 7) is 4.47. The first-order chi connectivity index (χ1) is 9.12. The highest BCUT2D eigenvalue weighted by molar-refractivity contribution is 9.10. The van der Waals surface area contributed by atoms with Gasteiger partial charge in [-0.05, 0) is 42.5 Å². The van der Waals surface area contributed by atoms with Gasteiger partial charge in [0.1, 0.15) is 5.75 Å². The minimum atomic E-state index is 0.222. The second kappa shape index (κ2) is 8.60. The molecule has 1 rings (SSSR count). The number of rotatable bonds is 8. The van der Waals surface area contributed by atoms with Gasteiger partial charge in [0.25, 0.3) is 0 Å². The van der Waals surface area contributed by atoms with Gasteiger partial charge in [0.15, 0.2) is 0 Å². The number of unbranched alkanes of at least 4 members (excludes halogenated alkanes) is 1. The van der Waals surface area contributed by atoms with Crippen LogP contribution in [0.3, 0.4) is 0 Å². The van der Waals surface area contributed by atoms with Crippen LogP contribution in [0.4, 0.5) is 0 Å². The third-order valence-electron chi connectivity index (χ3n) is 3.77. The van der Waals surface area contributed by atoms with Crippen molar-refractivity contribution in [2.45, 2.75) is 52.0 Å². The highest BCUT2D eigenvalue weighted by Crippen LogP contribution is 2.26. The van der Waals surface area contributed by atoms with Crippen molar-refractivity contribution in [3.8, 4) is 5.75 Å². The molecule has 108 valence electrons. The second-order valence-electron chi connectivity index (χ2n) is 5.14. The van der Waals surface area contributed by atoms with Crippen LogP contribution in [0.2, 0.25) is 0 Å². The van der Waals surface area contributed by atoms with Gasteiger partial charge in [-0.25, -0.2) is 0 Å². The van der Waals surface area contributed by atoms with Crippen molar-refractivity contribution < 1.29 is 4.74 Å². The summed E-state index contributed by atoms with van der Waals surface area (Å²) in [4.78, 5) is 0. The molecule has 0 radical (unpaired) electrons. The molecule has 0 amide bonds. The predicted octanol–water partition coefficient (Wildman–Crippen LogP) is 4.54. The van der Waals surface area contributed by atoms with Crippen molar-refractivity contribution in [3.63, 3.8) is 0 Å². The average molecular weight is 328 g/mol. The van der Waals surface area contributed by atoms with Crippen molar-refractivity contribution in [1.29, 1.82) is 0 Å². The van der Waals surface area contributed by atoms with Crippen molar-refractivity contribution in [2.24, 2.45) is 11.7 Å². The molecule has 3 heteroatoms. The van der Waals surface area contributed by atoms with Gasteiger partial charge in [-0.2, -0.15) is 0 Å². The molecule has 0 bridgehead atoms. The smallest absolute Gasteiger partial charge is 0.119 e. The maximum Gasteiger partial charge on any atom is 0.119 e. The fraction of sp³-hybridized carbons (Fsp3) is 0.625. The lowest BCUT2D eigenvalue weighted by molar-refractivity contribution is 0.367. The molecule has 2 atom stereocenters. The van der Waals surface area contributed by atoms with Gasteiger partial charge in [0.05, 0.1) is 7.11 Å². The Morgan fingerprint density at radius 1 is 1.32 bits per heavy atom. The third-order valence-corrected chi connectivity index (χ3v) is 4.54. The van der Waals surface area contributed by atoms with Crippen LogP contribution < -0.4 is 10.5 Å². The minimum absolute atomic E-state index is 0.222. The summed E-state index contributed by atoms with van der Waals surface area (Å²) in [5.41, 5.74) is 7.64. The molecule has 0 saturated carbocycles. The van der Waals surface area contributed by atoms with Crippen molar-refractivity contribution in [2.75, 3.05) is 7.11 Å².